The largest absolute Gasteiger partial charge is 0.352 e. The van der Waals surface area contributed by atoms with Gasteiger partial charge in [-0.3, -0.25) is 4.79 Å². The molecule has 88 valence electrons. The molecule has 1 rings (SSSR count). The molecule has 1 saturated carbocycles. The van der Waals surface area contributed by atoms with Gasteiger partial charge >= 0.3 is 0 Å². The van der Waals surface area contributed by atoms with Crippen LogP contribution in [-0.4, -0.2) is 25.0 Å². The van der Waals surface area contributed by atoms with Gasteiger partial charge in [0.1, 0.15) is 0 Å². The Morgan fingerprint density at radius 3 is 2.47 bits per heavy atom. The van der Waals surface area contributed by atoms with Crippen LogP contribution in [-0.2, 0) is 4.79 Å². The van der Waals surface area contributed by atoms with Gasteiger partial charge in [0.25, 0.3) is 0 Å². The molecule has 1 aliphatic rings. The summed E-state index contributed by atoms with van der Waals surface area (Å²) in [6.07, 6.45) is 2.31. The van der Waals surface area contributed by atoms with Crippen molar-refractivity contribution in [3.05, 3.63) is 0 Å². The molecule has 0 bridgehead atoms. The van der Waals surface area contributed by atoms with Crippen molar-refractivity contribution in [1.82, 2.24) is 10.6 Å². The maximum absolute atomic E-state index is 11.4. The summed E-state index contributed by atoms with van der Waals surface area (Å²) in [6.45, 7) is 10.3. The second-order valence-corrected chi connectivity index (χ2v) is 5.74. The van der Waals surface area contributed by atoms with E-state index in [1.807, 2.05) is 0 Å². The lowest BCUT2D eigenvalue weighted by molar-refractivity contribution is -0.120. The minimum absolute atomic E-state index is 0.138. The predicted molar refractivity (Wildman–Crippen MR) is 62.7 cm³/mol. The average Bonchev–Trinajstić information content (AvgIpc) is 2.86. The van der Waals surface area contributed by atoms with Crippen LogP contribution in [0.2, 0.25) is 0 Å². The van der Waals surface area contributed by atoms with Crippen molar-refractivity contribution in [1.29, 1.82) is 0 Å². The summed E-state index contributed by atoms with van der Waals surface area (Å²) in [7, 11) is 0. The molecule has 0 aromatic rings. The first-order chi connectivity index (χ1) is 6.89. The van der Waals surface area contributed by atoms with Gasteiger partial charge in [-0.1, -0.05) is 27.7 Å². The number of hydrogen-bond donors (Lipinski definition) is 2. The van der Waals surface area contributed by atoms with E-state index in [0.29, 0.717) is 23.9 Å². The van der Waals surface area contributed by atoms with Crippen molar-refractivity contribution in [3.8, 4) is 0 Å². The minimum atomic E-state index is 0.138. The lowest BCUT2D eigenvalue weighted by atomic mass is 9.82. The zero-order valence-electron chi connectivity index (χ0n) is 10.4. The number of rotatable bonds is 5. The van der Waals surface area contributed by atoms with E-state index in [-0.39, 0.29) is 5.91 Å². The number of hydrogen-bond acceptors (Lipinski definition) is 2. The van der Waals surface area contributed by atoms with Crippen LogP contribution in [0.1, 0.15) is 40.5 Å². The summed E-state index contributed by atoms with van der Waals surface area (Å²) < 4.78 is 0. The lowest BCUT2D eigenvalue weighted by Gasteiger charge is -2.27. The third-order valence-electron chi connectivity index (χ3n) is 3.16. The molecule has 3 heteroatoms. The van der Waals surface area contributed by atoms with Crippen LogP contribution in [0.4, 0.5) is 0 Å². The lowest BCUT2D eigenvalue weighted by Crippen LogP contribution is -2.38. The Bertz CT molecular complexity index is 216. The molecule has 1 aliphatic carbocycles. The molecule has 0 heterocycles. The Morgan fingerprint density at radius 1 is 1.40 bits per heavy atom. The van der Waals surface area contributed by atoms with Gasteiger partial charge in [0.05, 0.1) is 6.54 Å². The van der Waals surface area contributed by atoms with Crippen LogP contribution in [0.5, 0.6) is 0 Å². The van der Waals surface area contributed by atoms with Crippen LogP contribution in [0.15, 0.2) is 0 Å². The van der Waals surface area contributed by atoms with Gasteiger partial charge in [0, 0.05) is 6.04 Å². The first-order valence-corrected chi connectivity index (χ1v) is 5.89. The van der Waals surface area contributed by atoms with E-state index in [1.54, 1.807) is 0 Å². The second-order valence-electron chi connectivity index (χ2n) is 5.74. The van der Waals surface area contributed by atoms with Crippen molar-refractivity contribution in [2.75, 3.05) is 13.1 Å². The third kappa shape index (κ3) is 5.17. The van der Waals surface area contributed by atoms with E-state index < -0.39 is 0 Å². The number of amides is 1. The van der Waals surface area contributed by atoms with E-state index >= 15 is 0 Å². The van der Waals surface area contributed by atoms with Gasteiger partial charge < -0.3 is 10.6 Å². The molecule has 0 radical (unpaired) electrons. The smallest absolute Gasteiger partial charge is 0.234 e. The molecule has 2 N–H and O–H groups in total. The summed E-state index contributed by atoms with van der Waals surface area (Å²) in [6, 6.07) is 0.472. The molecule has 0 aromatic carbocycles. The summed E-state index contributed by atoms with van der Waals surface area (Å²) >= 11 is 0. The molecule has 15 heavy (non-hydrogen) atoms. The van der Waals surface area contributed by atoms with Crippen LogP contribution in [0.3, 0.4) is 0 Å². The molecule has 1 atom stereocenters. The maximum atomic E-state index is 11.4. The van der Waals surface area contributed by atoms with Crippen molar-refractivity contribution in [2.24, 2.45) is 11.3 Å². The van der Waals surface area contributed by atoms with Crippen LogP contribution >= 0.6 is 0 Å². The Hall–Kier alpha value is -0.570. The molecular formula is C12H24N2O. The van der Waals surface area contributed by atoms with Gasteiger partial charge in [-0.25, -0.2) is 0 Å². The maximum Gasteiger partial charge on any atom is 0.234 e. The Labute approximate surface area is 93.0 Å². The van der Waals surface area contributed by atoms with Gasteiger partial charge in [0.15, 0.2) is 0 Å². The van der Waals surface area contributed by atoms with Crippen molar-refractivity contribution >= 4 is 5.91 Å². The molecule has 0 aromatic heterocycles. The van der Waals surface area contributed by atoms with E-state index in [9.17, 15) is 4.79 Å². The summed E-state index contributed by atoms with van der Waals surface area (Å²) in [5, 5.41) is 6.18. The first-order valence-electron chi connectivity index (χ1n) is 5.89. The SMILES string of the molecule is CC(CNCC(=O)NC1CC1)C(C)(C)C. The normalized spacial score (nSPS) is 18.7. The molecule has 0 saturated heterocycles. The highest BCUT2D eigenvalue weighted by atomic mass is 16.2. The monoisotopic (exact) mass is 212 g/mol. The molecule has 1 fully saturated rings. The fraction of sp³-hybridized carbons (Fsp3) is 0.917. The second kappa shape index (κ2) is 4.97. The average molecular weight is 212 g/mol. The highest BCUT2D eigenvalue weighted by Gasteiger charge is 2.23. The number of carbonyl (C=O) groups excluding carboxylic acids is 1. The number of nitrogens with one attached hydrogen (secondary N) is 2. The first kappa shape index (κ1) is 12.5. The highest BCUT2D eigenvalue weighted by molar-refractivity contribution is 5.78. The standard InChI is InChI=1S/C12H24N2O/c1-9(12(2,3)4)7-13-8-11(15)14-10-5-6-10/h9-10,13H,5-8H2,1-4H3,(H,14,15). The molecule has 1 unspecified atom stereocenters. The molecule has 0 aliphatic heterocycles. The molecular weight excluding hydrogens is 188 g/mol. The summed E-state index contributed by atoms with van der Waals surface area (Å²) in [5.74, 6) is 0.713. The third-order valence-corrected chi connectivity index (χ3v) is 3.16. The molecule has 0 spiro atoms. The van der Waals surface area contributed by atoms with Crippen molar-refractivity contribution in [2.45, 2.75) is 46.6 Å². The van der Waals surface area contributed by atoms with E-state index in [1.165, 1.54) is 0 Å². The molecule has 3 nitrogen and oxygen atoms in total. The van der Waals surface area contributed by atoms with Crippen LogP contribution in [0, 0.1) is 11.3 Å². The van der Waals surface area contributed by atoms with Crippen molar-refractivity contribution < 1.29 is 4.79 Å². The minimum Gasteiger partial charge on any atom is -0.352 e. The van der Waals surface area contributed by atoms with Crippen LogP contribution in [0.25, 0.3) is 0 Å². The Kier molecular flexibility index (Phi) is 4.14. The summed E-state index contributed by atoms with van der Waals surface area (Å²) in [4.78, 5) is 11.4. The van der Waals surface area contributed by atoms with E-state index in [2.05, 4.69) is 38.3 Å². The molecule has 1 amide bonds. The topological polar surface area (TPSA) is 41.1 Å². The fourth-order valence-electron chi connectivity index (χ4n) is 1.21. The van der Waals surface area contributed by atoms with Gasteiger partial charge in [-0.2, -0.15) is 0 Å². The number of carbonyl (C=O) groups is 1. The Balaban J connectivity index is 2.06. The zero-order valence-corrected chi connectivity index (χ0v) is 10.4. The predicted octanol–water partition coefficient (Wildman–Crippen LogP) is 1.54. The van der Waals surface area contributed by atoms with E-state index in [0.717, 1.165) is 19.4 Å². The Morgan fingerprint density at radius 2 is 2.00 bits per heavy atom. The quantitative estimate of drug-likeness (QED) is 0.726. The fourth-order valence-corrected chi connectivity index (χ4v) is 1.21. The van der Waals surface area contributed by atoms with E-state index in [4.69, 9.17) is 0 Å². The highest BCUT2D eigenvalue weighted by Crippen LogP contribution is 2.24. The van der Waals surface area contributed by atoms with Gasteiger partial charge in [-0.05, 0) is 30.7 Å². The van der Waals surface area contributed by atoms with Gasteiger partial charge in [0.2, 0.25) is 5.91 Å². The van der Waals surface area contributed by atoms with Crippen molar-refractivity contribution in [3.63, 3.8) is 0 Å². The van der Waals surface area contributed by atoms with Gasteiger partial charge in [-0.15, -0.1) is 0 Å². The zero-order chi connectivity index (χ0) is 11.5. The summed E-state index contributed by atoms with van der Waals surface area (Å²) in [5.41, 5.74) is 0.306. The van der Waals surface area contributed by atoms with Crippen LogP contribution < -0.4 is 10.6 Å².